The second kappa shape index (κ2) is 8.44. The second-order valence-electron chi connectivity index (χ2n) is 3.66. The lowest BCUT2D eigenvalue weighted by Gasteiger charge is -2.04. The molecule has 1 heterocycles. The van der Waals surface area contributed by atoms with Crippen molar-refractivity contribution in [3.63, 3.8) is 0 Å². The van der Waals surface area contributed by atoms with Crippen molar-refractivity contribution in [3.8, 4) is 0 Å². The number of nitrogens with zero attached hydrogens (tertiary/aromatic N) is 2. The molecule has 0 fully saturated rings. The number of aliphatic hydroxyl groups is 1. The van der Waals surface area contributed by atoms with E-state index in [1.807, 2.05) is 16.9 Å². The number of aliphatic hydroxyl groups excluding tert-OH is 1. The normalized spacial score (nSPS) is 10.7. The van der Waals surface area contributed by atoms with E-state index in [9.17, 15) is 0 Å². The number of hydrogen-bond donors (Lipinski definition) is 2. The molecule has 0 bridgehead atoms. The van der Waals surface area contributed by atoms with Gasteiger partial charge in [0.2, 0.25) is 0 Å². The first-order valence-corrected chi connectivity index (χ1v) is 5.72. The van der Waals surface area contributed by atoms with Crippen molar-refractivity contribution in [1.29, 1.82) is 0 Å². The summed E-state index contributed by atoms with van der Waals surface area (Å²) in [5, 5.41) is 16.1. The highest BCUT2D eigenvalue weighted by Gasteiger charge is 1.91. The predicted molar refractivity (Wildman–Crippen MR) is 60.7 cm³/mol. The van der Waals surface area contributed by atoms with Crippen LogP contribution in [-0.2, 0) is 6.54 Å². The Bertz CT molecular complexity index is 224. The topological polar surface area (TPSA) is 50.1 Å². The van der Waals surface area contributed by atoms with Gasteiger partial charge < -0.3 is 10.4 Å². The van der Waals surface area contributed by atoms with E-state index in [1.165, 1.54) is 12.8 Å². The summed E-state index contributed by atoms with van der Waals surface area (Å²) >= 11 is 0. The van der Waals surface area contributed by atoms with Crippen LogP contribution in [0.2, 0.25) is 0 Å². The molecule has 0 saturated carbocycles. The average molecular weight is 211 g/mol. The summed E-state index contributed by atoms with van der Waals surface area (Å²) in [5.41, 5.74) is 0. The third-order valence-electron chi connectivity index (χ3n) is 2.34. The van der Waals surface area contributed by atoms with E-state index >= 15 is 0 Å². The van der Waals surface area contributed by atoms with Crippen LogP contribution >= 0.6 is 0 Å². The van der Waals surface area contributed by atoms with Crippen LogP contribution < -0.4 is 5.32 Å². The summed E-state index contributed by atoms with van der Waals surface area (Å²) in [6, 6.07) is 1.94. The van der Waals surface area contributed by atoms with E-state index in [1.54, 1.807) is 6.20 Å². The Morgan fingerprint density at radius 3 is 2.73 bits per heavy atom. The molecule has 1 rings (SSSR count). The molecule has 0 aliphatic rings. The molecule has 0 amide bonds. The Hall–Kier alpha value is -0.870. The molecule has 1 aromatic rings. The molecule has 4 heteroatoms. The van der Waals surface area contributed by atoms with Crippen LogP contribution in [0.4, 0.5) is 0 Å². The first kappa shape index (κ1) is 12.2. The van der Waals surface area contributed by atoms with Gasteiger partial charge in [-0.15, -0.1) is 0 Å². The summed E-state index contributed by atoms with van der Waals surface area (Å²) in [6.07, 6.45) is 8.25. The Kier molecular flexibility index (Phi) is 6.86. The fraction of sp³-hybridized carbons (Fsp3) is 0.727. The standard InChI is InChI=1S/C11H21N3O/c15-11-4-2-1-3-6-12-8-10-14-9-5-7-13-14/h5,7,9,12,15H,1-4,6,8,10-11H2. The minimum Gasteiger partial charge on any atom is -0.396 e. The smallest absolute Gasteiger partial charge is 0.0533 e. The zero-order valence-corrected chi connectivity index (χ0v) is 9.23. The molecule has 4 nitrogen and oxygen atoms in total. The molecule has 1 aromatic heterocycles. The van der Waals surface area contributed by atoms with Gasteiger partial charge in [-0.1, -0.05) is 12.8 Å². The summed E-state index contributed by atoms with van der Waals surface area (Å²) in [5.74, 6) is 0. The highest BCUT2D eigenvalue weighted by molar-refractivity contribution is 4.77. The van der Waals surface area contributed by atoms with Crippen LogP contribution in [0.5, 0.6) is 0 Å². The van der Waals surface area contributed by atoms with Gasteiger partial charge in [-0.05, 0) is 25.5 Å². The van der Waals surface area contributed by atoms with Crippen molar-refractivity contribution in [2.45, 2.75) is 32.2 Å². The highest BCUT2D eigenvalue weighted by atomic mass is 16.2. The van der Waals surface area contributed by atoms with Crippen LogP contribution in [0.25, 0.3) is 0 Å². The van der Waals surface area contributed by atoms with Gasteiger partial charge in [-0.25, -0.2) is 0 Å². The van der Waals surface area contributed by atoms with Gasteiger partial charge in [-0.3, -0.25) is 4.68 Å². The molecule has 86 valence electrons. The molecule has 0 unspecified atom stereocenters. The lowest BCUT2D eigenvalue weighted by atomic mass is 10.2. The number of unbranched alkanes of at least 4 members (excludes halogenated alkanes) is 3. The summed E-state index contributed by atoms with van der Waals surface area (Å²) in [6.45, 7) is 3.30. The Morgan fingerprint density at radius 2 is 2.00 bits per heavy atom. The van der Waals surface area contributed by atoms with Crippen LogP contribution in [0.3, 0.4) is 0 Å². The summed E-state index contributed by atoms with van der Waals surface area (Å²) in [4.78, 5) is 0. The Labute approximate surface area is 91.3 Å². The number of aromatic nitrogens is 2. The van der Waals surface area contributed by atoms with Crippen molar-refractivity contribution in [3.05, 3.63) is 18.5 Å². The fourth-order valence-corrected chi connectivity index (χ4v) is 1.47. The van der Waals surface area contributed by atoms with Crippen molar-refractivity contribution in [2.75, 3.05) is 19.7 Å². The molecule has 15 heavy (non-hydrogen) atoms. The van der Waals surface area contributed by atoms with Gasteiger partial charge in [0.15, 0.2) is 0 Å². The molecular weight excluding hydrogens is 190 g/mol. The van der Waals surface area contributed by atoms with E-state index < -0.39 is 0 Å². The van der Waals surface area contributed by atoms with Crippen LogP contribution in [0.1, 0.15) is 25.7 Å². The zero-order chi connectivity index (χ0) is 10.8. The van der Waals surface area contributed by atoms with Gasteiger partial charge >= 0.3 is 0 Å². The minimum absolute atomic E-state index is 0.326. The SMILES string of the molecule is OCCCCCCNCCn1cccn1. The second-order valence-corrected chi connectivity index (χ2v) is 3.66. The van der Waals surface area contributed by atoms with Crippen LogP contribution in [-0.4, -0.2) is 34.6 Å². The Morgan fingerprint density at radius 1 is 1.13 bits per heavy atom. The lowest BCUT2D eigenvalue weighted by molar-refractivity contribution is 0.282. The van der Waals surface area contributed by atoms with Crippen LogP contribution in [0.15, 0.2) is 18.5 Å². The van der Waals surface area contributed by atoms with E-state index in [2.05, 4.69) is 10.4 Å². The van der Waals surface area contributed by atoms with E-state index in [0.29, 0.717) is 6.61 Å². The molecule has 0 radical (unpaired) electrons. The van der Waals surface area contributed by atoms with Crippen LogP contribution in [0, 0.1) is 0 Å². The maximum Gasteiger partial charge on any atom is 0.0533 e. The van der Waals surface area contributed by atoms with E-state index in [0.717, 1.165) is 32.5 Å². The van der Waals surface area contributed by atoms with Gasteiger partial charge in [0.05, 0.1) is 6.54 Å². The molecule has 0 aliphatic heterocycles. The molecule has 0 atom stereocenters. The molecule has 0 saturated heterocycles. The molecule has 0 aromatic carbocycles. The van der Waals surface area contributed by atoms with Crippen molar-refractivity contribution < 1.29 is 5.11 Å². The van der Waals surface area contributed by atoms with Gasteiger partial charge in [-0.2, -0.15) is 5.10 Å². The molecule has 0 spiro atoms. The van der Waals surface area contributed by atoms with Crippen molar-refractivity contribution in [2.24, 2.45) is 0 Å². The zero-order valence-electron chi connectivity index (χ0n) is 9.23. The maximum atomic E-state index is 8.59. The van der Waals surface area contributed by atoms with Gasteiger partial charge in [0.25, 0.3) is 0 Å². The first-order valence-electron chi connectivity index (χ1n) is 5.72. The minimum atomic E-state index is 0.326. The van der Waals surface area contributed by atoms with Gasteiger partial charge in [0, 0.05) is 25.5 Å². The predicted octanol–water partition coefficient (Wildman–Crippen LogP) is 1.03. The average Bonchev–Trinajstić information content (AvgIpc) is 2.75. The third kappa shape index (κ3) is 6.25. The molecule has 0 aliphatic carbocycles. The van der Waals surface area contributed by atoms with Crippen molar-refractivity contribution in [1.82, 2.24) is 15.1 Å². The monoisotopic (exact) mass is 211 g/mol. The highest BCUT2D eigenvalue weighted by Crippen LogP contribution is 1.97. The van der Waals surface area contributed by atoms with E-state index in [-0.39, 0.29) is 0 Å². The Balaban J connectivity index is 1.81. The molecular formula is C11H21N3O. The molecule has 2 N–H and O–H groups in total. The van der Waals surface area contributed by atoms with Crippen molar-refractivity contribution >= 4 is 0 Å². The third-order valence-corrected chi connectivity index (χ3v) is 2.34. The summed E-state index contributed by atoms with van der Waals surface area (Å²) in [7, 11) is 0. The largest absolute Gasteiger partial charge is 0.396 e. The van der Waals surface area contributed by atoms with Gasteiger partial charge in [0.1, 0.15) is 0 Å². The maximum absolute atomic E-state index is 8.59. The first-order chi connectivity index (χ1) is 7.43. The fourth-order valence-electron chi connectivity index (χ4n) is 1.47. The quantitative estimate of drug-likeness (QED) is 0.600. The van der Waals surface area contributed by atoms with E-state index in [4.69, 9.17) is 5.11 Å². The summed E-state index contributed by atoms with van der Waals surface area (Å²) < 4.78 is 1.93. The number of rotatable bonds is 9. The lowest BCUT2D eigenvalue weighted by Crippen LogP contribution is -2.21. The number of hydrogen-bond acceptors (Lipinski definition) is 3. The number of nitrogens with one attached hydrogen (secondary N) is 1.